The number of fused-ring (bicyclic) bond motifs is 1. The number of aromatic nitrogens is 3. The molecule has 0 fully saturated rings. The van der Waals surface area contributed by atoms with Gasteiger partial charge in [-0.3, -0.25) is 19.0 Å². The number of thioether (sulfide) groups is 1. The molecule has 0 amide bonds. The average Bonchev–Trinajstić information content (AvgIpc) is 3.09. The second-order valence-electron chi connectivity index (χ2n) is 7.68. The molecule has 6 nitrogen and oxygen atoms in total. The summed E-state index contributed by atoms with van der Waals surface area (Å²) in [4.78, 5) is 45.8. The van der Waals surface area contributed by atoms with E-state index in [0.717, 1.165) is 5.56 Å². The highest BCUT2D eigenvalue weighted by Gasteiger charge is 2.21. The lowest BCUT2D eigenvalue weighted by atomic mass is 10.1. The first-order valence-corrected chi connectivity index (χ1v) is 11.2. The van der Waals surface area contributed by atoms with Crippen molar-refractivity contribution in [2.75, 3.05) is 5.75 Å². The first-order valence-electron chi connectivity index (χ1n) is 10.3. The fourth-order valence-electron chi connectivity index (χ4n) is 3.92. The molecule has 0 unspecified atom stereocenters. The third-order valence-electron chi connectivity index (χ3n) is 5.41. The van der Waals surface area contributed by atoms with Crippen LogP contribution >= 0.6 is 11.8 Å². The minimum absolute atomic E-state index is 0.0733. The van der Waals surface area contributed by atoms with E-state index in [0.29, 0.717) is 45.1 Å². The van der Waals surface area contributed by atoms with Crippen molar-refractivity contribution in [1.82, 2.24) is 14.5 Å². The molecular weight excluding hydrogens is 422 g/mol. The standard InChI is InChI=1S/C25H23N3O3S/c1-15-22(17(3)29)16(2)26-23(15)21(30)14-32-25-27-20-12-8-7-11-19(20)24(31)28(25)13-18-9-5-4-6-10-18/h4-12,26H,13-14H2,1-3H3. The maximum Gasteiger partial charge on any atom is 0.262 e. The first-order chi connectivity index (χ1) is 15.4. The van der Waals surface area contributed by atoms with Crippen molar-refractivity contribution in [3.05, 3.63) is 93.0 Å². The fraction of sp³-hybridized carbons (Fsp3) is 0.200. The molecule has 0 aliphatic heterocycles. The Labute approximate surface area is 189 Å². The summed E-state index contributed by atoms with van der Waals surface area (Å²) in [6.07, 6.45) is 0. The number of aryl methyl sites for hydroxylation is 1. The van der Waals surface area contributed by atoms with Gasteiger partial charge in [0.2, 0.25) is 0 Å². The number of H-pyrrole nitrogens is 1. The topological polar surface area (TPSA) is 84.8 Å². The third-order valence-corrected chi connectivity index (χ3v) is 6.39. The summed E-state index contributed by atoms with van der Waals surface area (Å²) < 4.78 is 1.61. The van der Waals surface area contributed by atoms with Crippen molar-refractivity contribution < 1.29 is 9.59 Å². The summed E-state index contributed by atoms with van der Waals surface area (Å²) in [5.41, 5.74) is 3.77. The monoisotopic (exact) mass is 445 g/mol. The first kappa shape index (κ1) is 21.8. The lowest BCUT2D eigenvalue weighted by molar-refractivity contribution is 0.101. The molecule has 0 saturated carbocycles. The predicted octanol–water partition coefficient (Wildman–Crippen LogP) is 4.57. The molecule has 2 heterocycles. The second-order valence-corrected chi connectivity index (χ2v) is 8.62. The Morgan fingerprint density at radius 3 is 2.41 bits per heavy atom. The lowest BCUT2D eigenvalue weighted by Gasteiger charge is -2.13. The van der Waals surface area contributed by atoms with E-state index in [1.54, 1.807) is 30.5 Å². The van der Waals surface area contributed by atoms with Gasteiger partial charge in [-0.25, -0.2) is 4.98 Å². The van der Waals surface area contributed by atoms with E-state index < -0.39 is 0 Å². The predicted molar refractivity (Wildman–Crippen MR) is 127 cm³/mol. The van der Waals surface area contributed by atoms with Crippen LogP contribution in [0.1, 0.15) is 44.6 Å². The van der Waals surface area contributed by atoms with Gasteiger partial charge in [0.25, 0.3) is 5.56 Å². The molecule has 4 aromatic rings. The molecule has 0 radical (unpaired) electrons. The molecule has 0 spiro atoms. The SMILES string of the molecule is CC(=O)c1c(C)[nH]c(C(=O)CSc2nc3ccccc3c(=O)n2Cc2ccccc2)c1C. The third kappa shape index (κ3) is 4.16. The zero-order valence-electron chi connectivity index (χ0n) is 18.1. The summed E-state index contributed by atoms with van der Waals surface area (Å²) in [6, 6.07) is 16.9. The molecule has 0 atom stereocenters. The van der Waals surface area contributed by atoms with E-state index in [-0.39, 0.29) is 22.9 Å². The number of ketones is 2. The molecule has 32 heavy (non-hydrogen) atoms. The molecule has 0 aliphatic rings. The Morgan fingerprint density at radius 2 is 1.72 bits per heavy atom. The number of aromatic amines is 1. The Bertz CT molecular complexity index is 1390. The second kappa shape index (κ2) is 8.96. The number of carbonyl (C=O) groups is 2. The number of carbonyl (C=O) groups excluding carboxylic acids is 2. The Balaban J connectivity index is 1.69. The minimum Gasteiger partial charge on any atom is -0.355 e. The number of nitrogens with zero attached hydrogens (tertiary/aromatic N) is 2. The summed E-state index contributed by atoms with van der Waals surface area (Å²) in [5.74, 6) is -0.120. The molecule has 2 aromatic carbocycles. The lowest BCUT2D eigenvalue weighted by Crippen LogP contribution is -2.24. The van der Waals surface area contributed by atoms with Crippen LogP contribution in [0.5, 0.6) is 0 Å². The van der Waals surface area contributed by atoms with Gasteiger partial charge in [-0.2, -0.15) is 0 Å². The van der Waals surface area contributed by atoms with Crippen LogP contribution in [-0.2, 0) is 6.54 Å². The van der Waals surface area contributed by atoms with E-state index >= 15 is 0 Å². The van der Waals surface area contributed by atoms with Gasteiger partial charge in [0, 0.05) is 11.3 Å². The number of nitrogens with one attached hydrogen (secondary N) is 1. The smallest absolute Gasteiger partial charge is 0.262 e. The van der Waals surface area contributed by atoms with Crippen LogP contribution in [0.15, 0.2) is 64.5 Å². The number of hydrogen-bond acceptors (Lipinski definition) is 5. The number of para-hydroxylation sites is 1. The van der Waals surface area contributed by atoms with Crippen LogP contribution in [0.3, 0.4) is 0 Å². The molecular formula is C25H23N3O3S. The normalized spacial score (nSPS) is 11.1. The Kier molecular flexibility index (Phi) is 6.10. The van der Waals surface area contributed by atoms with E-state index in [2.05, 4.69) is 9.97 Å². The maximum absolute atomic E-state index is 13.2. The van der Waals surface area contributed by atoms with Gasteiger partial charge in [0.05, 0.1) is 28.9 Å². The maximum atomic E-state index is 13.2. The molecule has 0 aliphatic carbocycles. The number of rotatable bonds is 7. The van der Waals surface area contributed by atoms with E-state index in [1.807, 2.05) is 42.5 Å². The molecule has 1 N–H and O–H groups in total. The van der Waals surface area contributed by atoms with Crippen molar-refractivity contribution in [3.8, 4) is 0 Å². The van der Waals surface area contributed by atoms with Crippen LogP contribution < -0.4 is 5.56 Å². The van der Waals surface area contributed by atoms with Gasteiger partial charge >= 0.3 is 0 Å². The van der Waals surface area contributed by atoms with Crippen molar-refractivity contribution in [2.24, 2.45) is 0 Å². The quantitative estimate of drug-likeness (QED) is 0.256. The zero-order chi connectivity index (χ0) is 22.8. The highest BCUT2D eigenvalue weighted by Crippen LogP contribution is 2.23. The number of benzene rings is 2. The Hall–Kier alpha value is -3.45. The average molecular weight is 446 g/mol. The van der Waals surface area contributed by atoms with Gasteiger partial charge in [0.1, 0.15) is 0 Å². The largest absolute Gasteiger partial charge is 0.355 e. The van der Waals surface area contributed by atoms with Crippen LogP contribution in [0.2, 0.25) is 0 Å². The molecule has 4 rings (SSSR count). The van der Waals surface area contributed by atoms with E-state index in [4.69, 9.17) is 0 Å². The van der Waals surface area contributed by atoms with Crippen LogP contribution in [0, 0.1) is 13.8 Å². The fourth-order valence-corrected chi connectivity index (χ4v) is 4.79. The van der Waals surface area contributed by atoms with Crippen molar-refractivity contribution >= 4 is 34.2 Å². The number of hydrogen-bond donors (Lipinski definition) is 1. The molecule has 0 saturated heterocycles. The highest BCUT2D eigenvalue weighted by atomic mass is 32.2. The molecule has 162 valence electrons. The van der Waals surface area contributed by atoms with Gasteiger partial charge in [-0.05, 0) is 44.0 Å². The number of Topliss-reactive ketones (excluding diaryl/α,β-unsaturated/α-hetero) is 2. The van der Waals surface area contributed by atoms with Crippen LogP contribution in [-0.4, -0.2) is 31.9 Å². The minimum atomic E-state index is -0.142. The van der Waals surface area contributed by atoms with Gasteiger partial charge in [-0.1, -0.05) is 54.2 Å². The van der Waals surface area contributed by atoms with Crippen molar-refractivity contribution in [1.29, 1.82) is 0 Å². The van der Waals surface area contributed by atoms with Gasteiger partial charge in [0.15, 0.2) is 16.7 Å². The van der Waals surface area contributed by atoms with E-state index in [9.17, 15) is 14.4 Å². The molecule has 2 aromatic heterocycles. The molecule has 7 heteroatoms. The summed E-state index contributed by atoms with van der Waals surface area (Å²) in [5, 5.41) is 1.03. The van der Waals surface area contributed by atoms with Gasteiger partial charge < -0.3 is 4.98 Å². The summed E-state index contributed by atoms with van der Waals surface area (Å²) >= 11 is 1.23. The highest BCUT2D eigenvalue weighted by molar-refractivity contribution is 7.99. The van der Waals surface area contributed by atoms with Crippen molar-refractivity contribution in [2.45, 2.75) is 32.5 Å². The summed E-state index contributed by atoms with van der Waals surface area (Å²) in [6.45, 7) is 5.42. The van der Waals surface area contributed by atoms with Gasteiger partial charge in [-0.15, -0.1) is 0 Å². The Morgan fingerprint density at radius 1 is 1.03 bits per heavy atom. The van der Waals surface area contributed by atoms with Crippen LogP contribution in [0.4, 0.5) is 0 Å². The zero-order valence-corrected chi connectivity index (χ0v) is 19.0. The van der Waals surface area contributed by atoms with Crippen molar-refractivity contribution in [3.63, 3.8) is 0 Å². The van der Waals surface area contributed by atoms with Crippen LogP contribution in [0.25, 0.3) is 10.9 Å². The molecule has 0 bridgehead atoms. The van der Waals surface area contributed by atoms with E-state index in [1.165, 1.54) is 18.7 Å². The summed E-state index contributed by atoms with van der Waals surface area (Å²) in [7, 11) is 0.